The van der Waals surface area contributed by atoms with Crippen molar-refractivity contribution in [2.45, 2.75) is 187 Å². The lowest BCUT2D eigenvalue weighted by molar-refractivity contribution is -0.870. The molecule has 0 saturated carbocycles. The molecule has 9 nitrogen and oxygen atoms in total. The Morgan fingerprint density at radius 2 is 0.982 bits per heavy atom. The molecule has 0 amide bonds. The first kappa shape index (κ1) is 54.0. The lowest BCUT2D eigenvalue weighted by atomic mass is 10.1. The lowest BCUT2D eigenvalue weighted by Gasteiger charge is -2.24. The highest BCUT2D eigenvalue weighted by Gasteiger charge is 2.27. The molecule has 0 spiro atoms. The van der Waals surface area contributed by atoms with E-state index in [-0.39, 0.29) is 26.1 Å². The van der Waals surface area contributed by atoms with E-state index in [0.29, 0.717) is 23.9 Å². The number of unbranched alkanes of at least 4 members (excludes halogenated alkanes) is 18. The first-order valence-electron chi connectivity index (χ1n) is 22.4. The lowest BCUT2D eigenvalue weighted by Crippen LogP contribution is -2.37. The van der Waals surface area contributed by atoms with Crippen LogP contribution in [0, 0.1) is 0 Å². The molecular formula is C46H85NO8P+. The van der Waals surface area contributed by atoms with Crippen LogP contribution in [-0.4, -0.2) is 74.9 Å². The van der Waals surface area contributed by atoms with Gasteiger partial charge in [-0.2, -0.15) is 0 Å². The molecule has 0 aromatic carbocycles. The third-order valence-electron chi connectivity index (χ3n) is 9.33. The number of phosphoric ester groups is 1. The van der Waals surface area contributed by atoms with E-state index >= 15 is 0 Å². The van der Waals surface area contributed by atoms with Crippen molar-refractivity contribution in [3.8, 4) is 0 Å². The molecule has 0 heterocycles. The molecular weight excluding hydrogens is 725 g/mol. The molecule has 0 bridgehead atoms. The molecule has 1 N–H and O–H groups in total. The van der Waals surface area contributed by atoms with Gasteiger partial charge in [-0.1, -0.05) is 146 Å². The van der Waals surface area contributed by atoms with Crippen molar-refractivity contribution in [1.29, 1.82) is 0 Å². The third kappa shape index (κ3) is 41.6. The van der Waals surface area contributed by atoms with Crippen LogP contribution in [0.25, 0.3) is 0 Å². The van der Waals surface area contributed by atoms with E-state index < -0.39 is 32.5 Å². The minimum absolute atomic E-state index is 0.0187. The minimum atomic E-state index is -4.39. The van der Waals surface area contributed by atoms with E-state index in [1.165, 1.54) is 96.3 Å². The molecule has 0 aliphatic heterocycles. The summed E-state index contributed by atoms with van der Waals surface area (Å²) in [6.07, 6.45) is 44.6. The number of hydrogen-bond acceptors (Lipinski definition) is 7. The van der Waals surface area contributed by atoms with Crippen LogP contribution in [0.15, 0.2) is 48.6 Å². The number of esters is 2. The third-order valence-corrected chi connectivity index (χ3v) is 10.3. The Balaban J connectivity index is 4.47. The molecule has 10 heteroatoms. The maximum Gasteiger partial charge on any atom is 0.472 e. The highest BCUT2D eigenvalue weighted by molar-refractivity contribution is 7.47. The van der Waals surface area contributed by atoms with Gasteiger partial charge in [-0.05, 0) is 70.6 Å². The average Bonchev–Trinajstić information content (AvgIpc) is 3.15. The second-order valence-electron chi connectivity index (χ2n) is 16.1. The summed E-state index contributed by atoms with van der Waals surface area (Å²) in [5.41, 5.74) is 0. The normalized spacial score (nSPS) is 14.0. The molecule has 1 unspecified atom stereocenters. The Bertz CT molecular complexity index is 1100. The summed E-state index contributed by atoms with van der Waals surface area (Å²) in [4.78, 5) is 35.3. The number of rotatable bonds is 40. The van der Waals surface area contributed by atoms with E-state index in [2.05, 4.69) is 62.5 Å². The number of carbonyl (C=O) groups is 2. The average molecular weight is 811 g/mol. The number of likely N-dealkylation sites (N-methyl/N-ethyl adjacent to an activating group) is 1. The second kappa shape index (κ2) is 38.5. The van der Waals surface area contributed by atoms with Gasteiger partial charge in [-0.15, -0.1) is 0 Å². The molecule has 0 fully saturated rings. The van der Waals surface area contributed by atoms with Crippen LogP contribution in [0.1, 0.15) is 181 Å². The fourth-order valence-corrected chi connectivity index (χ4v) is 6.53. The first-order chi connectivity index (χ1) is 27.0. The summed E-state index contributed by atoms with van der Waals surface area (Å²) in [7, 11) is 1.43. The Labute approximate surface area is 343 Å². The Kier molecular flexibility index (Phi) is 37.1. The number of carbonyl (C=O) groups excluding carboxylic acids is 2. The molecule has 0 aromatic heterocycles. The van der Waals surface area contributed by atoms with Crippen LogP contribution in [0.2, 0.25) is 0 Å². The van der Waals surface area contributed by atoms with Gasteiger partial charge in [0.1, 0.15) is 19.8 Å². The zero-order valence-electron chi connectivity index (χ0n) is 36.6. The van der Waals surface area contributed by atoms with Crippen molar-refractivity contribution in [3.63, 3.8) is 0 Å². The molecule has 56 heavy (non-hydrogen) atoms. The number of phosphoric acid groups is 1. The van der Waals surface area contributed by atoms with Gasteiger partial charge in [0.05, 0.1) is 27.7 Å². The quantitative estimate of drug-likeness (QED) is 0.0214. The van der Waals surface area contributed by atoms with Gasteiger partial charge in [0.2, 0.25) is 0 Å². The minimum Gasteiger partial charge on any atom is -0.462 e. The SMILES string of the molecule is CCCCCCCC/C=C/C/C=C/C/C=C/CCCC(=O)O[C@H](COC(=O)CCCC/C=C/CCCCCCCCCCC)COP(=O)(O)OCC[N+](C)(C)C. The molecule has 0 aliphatic carbocycles. The topological polar surface area (TPSA) is 108 Å². The summed E-state index contributed by atoms with van der Waals surface area (Å²) < 4.78 is 34.2. The summed E-state index contributed by atoms with van der Waals surface area (Å²) in [6, 6.07) is 0. The number of ether oxygens (including phenoxy) is 2. The molecule has 326 valence electrons. The van der Waals surface area contributed by atoms with E-state index in [4.69, 9.17) is 18.5 Å². The van der Waals surface area contributed by atoms with Gasteiger partial charge >= 0.3 is 19.8 Å². The van der Waals surface area contributed by atoms with Crippen molar-refractivity contribution in [2.75, 3.05) is 47.5 Å². The summed E-state index contributed by atoms with van der Waals surface area (Å²) in [6.45, 7) is 4.33. The van der Waals surface area contributed by atoms with Crippen LogP contribution in [-0.2, 0) is 32.7 Å². The number of allylic oxidation sites excluding steroid dienone is 8. The van der Waals surface area contributed by atoms with Gasteiger partial charge in [-0.3, -0.25) is 18.6 Å². The summed E-state index contributed by atoms with van der Waals surface area (Å²) in [5.74, 6) is -0.886. The van der Waals surface area contributed by atoms with Gasteiger partial charge in [0, 0.05) is 12.8 Å². The summed E-state index contributed by atoms with van der Waals surface area (Å²) in [5, 5.41) is 0. The zero-order valence-corrected chi connectivity index (χ0v) is 37.5. The van der Waals surface area contributed by atoms with Gasteiger partial charge < -0.3 is 18.9 Å². The monoisotopic (exact) mass is 811 g/mol. The maximum absolute atomic E-state index is 12.7. The largest absolute Gasteiger partial charge is 0.472 e. The fourth-order valence-electron chi connectivity index (χ4n) is 5.79. The Morgan fingerprint density at radius 1 is 0.554 bits per heavy atom. The highest BCUT2D eigenvalue weighted by atomic mass is 31.2. The Morgan fingerprint density at radius 3 is 1.50 bits per heavy atom. The van der Waals surface area contributed by atoms with Crippen molar-refractivity contribution in [2.24, 2.45) is 0 Å². The predicted molar refractivity (Wildman–Crippen MR) is 233 cm³/mol. The number of nitrogens with zero attached hydrogens (tertiary/aromatic N) is 1. The molecule has 0 aromatic rings. The number of hydrogen-bond donors (Lipinski definition) is 1. The molecule has 0 radical (unpaired) electrons. The predicted octanol–water partition coefficient (Wildman–Crippen LogP) is 12.7. The van der Waals surface area contributed by atoms with E-state index in [1.807, 2.05) is 21.1 Å². The van der Waals surface area contributed by atoms with E-state index in [1.54, 1.807) is 0 Å². The van der Waals surface area contributed by atoms with Crippen LogP contribution >= 0.6 is 7.82 Å². The highest BCUT2D eigenvalue weighted by Crippen LogP contribution is 2.43. The smallest absolute Gasteiger partial charge is 0.462 e. The molecule has 0 aliphatic rings. The molecule has 0 saturated heterocycles. The number of quaternary nitrogens is 1. The van der Waals surface area contributed by atoms with Gasteiger partial charge in [-0.25, -0.2) is 4.57 Å². The summed E-state index contributed by atoms with van der Waals surface area (Å²) >= 11 is 0. The first-order valence-corrected chi connectivity index (χ1v) is 23.9. The molecule has 2 atom stereocenters. The van der Waals surface area contributed by atoms with Crippen molar-refractivity contribution < 1.29 is 42.1 Å². The fraction of sp³-hybridized carbons (Fsp3) is 0.783. The molecule has 0 rings (SSSR count). The van der Waals surface area contributed by atoms with E-state index in [0.717, 1.165) is 44.9 Å². The van der Waals surface area contributed by atoms with Crippen LogP contribution in [0.4, 0.5) is 0 Å². The van der Waals surface area contributed by atoms with Crippen LogP contribution < -0.4 is 0 Å². The zero-order chi connectivity index (χ0) is 41.4. The van der Waals surface area contributed by atoms with Gasteiger partial charge in [0.25, 0.3) is 0 Å². The maximum atomic E-state index is 12.7. The van der Waals surface area contributed by atoms with Crippen LogP contribution in [0.5, 0.6) is 0 Å². The second-order valence-corrected chi connectivity index (χ2v) is 17.5. The van der Waals surface area contributed by atoms with Crippen LogP contribution in [0.3, 0.4) is 0 Å². The van der Waals surface area contributed by atoms with Crippen molar-refractivity contribution in [3.05, 3.63) is 48.6 Å². The van der Waals surface area contributed by atoms with Gasteiger partial charge in [0.15, 0.2) is 6.10 Å². The Hall–Kier alpha value is -2.03. The van der Waals surface area contributed by atoms with Crippen molar-refractivity contribution in [1.82, 2.24) is 0 Å². The van der Waals surface area contributed by atoms with E-state index in [9.17, 15) is 19.0 Å². The van der Waals surface area contributed by atoms with Crippen molar-refractivity contribution >= 4 is 19.8 Å². The standard InChI is InChI=1S/C46H84NO8P/c1-6-8-10-12-14-16-18-20-22-23-25-27-29-31-33-35-37-39-46(49)55-44(43-54-56(50,51)53-41-40-47(3,4)5)42-52-45(48)38-36-34-32-30-28-26-24-21-19-17-15-13-11-9-7-2/h20,22,25,27-28,30-31,33,44H,6-19,21,23-24,26,29,32,34-43H2,1-5H3/p+1/b22-20+,27-25+,30-28+,33-31+/t44-/m1/s1.